The zero-order valence-electron chi connectivity index (χ0n) is 15.7. The Bertz CT molecular complexity index is 945. The predicted octanol–water partition coefficient (Wildman–Crippen LogP) is 5.55. The molecule has 0 bridgehead atoms. The quantitative estimate of drug-likeness (QED) is 0.465. The average Bonchev–Trinajstić information content (AvgIpc) is 3.05. The van der Waals surface area contributed by atoms with Gasteiger partial charge in [0.2, 0.25) is 5.91 Å². The van der Waals surface area contributed by atoms with E-state index in [4.69, 9.17) is 23.2 Å². The molecule has 4 nitrogen and oxygen atoms in total. The number of halogens is 3. The van der Waals surface area contributed by atoms with Gasteiger partial charge in [-0.1, -0.05) is 58.8 Å². The molecule has 0 fully saturated rings. The minimum atomic E-state index is -0.0166. The maximum absolute atomic E-state index is 13.1. The van der Waals surface area contributed by atoms with Crippen molar-refractivity contribution in [3.63, 3.8) is 0 Å². The summed E-state index contributed by atoms with van der Waals surface area (Å²) < 4.78 is 0.973. The van der Waals surface area contributed by atoms with Gasteiger partial charge in [-0.25, -0.2) is 4.98 Å². The number of nitrogens with zero attached hydrogens (tertiary/aromatic N) is 3. The third kappa shape index (κ3) is 5.58. The van der Waals surface area contributed by atoms with Crippen LogP contribution in [0, 0.1) is 0 Å². The van der Waals surface area contributed by atoms with Crippen molar-refractivity contribution in [2.75, 3.05) is 32.1 Å². The van der Waals surface area contributed by atoms with Crippen molar-refractivity contribution in [1.29, 1.82) is 0 Å². The number of aromatic nitrogens is 1. The van der Waals surface area contributed by atoms with Gasteiger partial charge in [-0.15, -0.1) is 12.4 Å². The Balaban J connectivity index is 0.00000280. The summed E-state index contributed by atoms with van der Waals surface area (Å²) in [6.45, 7) is 1.49. The number of para-hydroxylation sites is 1. The van der Waals surface area contributed by atoms with E-state index in [9.17, 15) is 4.79 Å². The largest absolute Gasteiger partial charge is 0.309 e. The zero-order valence-corrected chi connectivity index (χ0v) is 18.8. The van der Waals surface area contributed by atoms with Gasteiger partial charge in [0.15, 0.2) is 5.13 Å². The fourth-order valence-corrected chi connectivity index (χ4v) is 4.30. The number of carbonyl (C=O) groups is 1. The number of anilines is 1. The molecular formula is C20H22Cl3N3OS. The van der Waals surface area contributed by atoms with E-state index >= 15 is 0 Å². The van der Waals surface area contributed by atoms with Gasteiger partial charge in [0.05, 0.1) is 16.1 Å². The van der Waals surface area contributed by atoms with Crippen molar-refractivity contribution < 1.29 is 4.79 Å². The van der Waals surface area contributed by atoms with Crippen molar-refractivity contribution in [3.05, 3.63) is 58.1 Å². The summed E-state index contributed by atoms with van der Waals surface area (Å²) in [6, 6.07) is 13.1. The van der Waals surface area contributed by atoms with E-state index < -0.39 is 0 Å². The second kappa shape index (κ2) is 10.4. The van der Waals surface area contributed by atoms with Gasteiger partial charge in [0, 0.05) is 11.6 Å². The molecular weight excluding hydrogens is 437 g/mol. The maximum atomic E-state index is 13.1. The van der Waals surface area contributed by atoms with E-state index in [0.29, 0.717) is 21.7 Å². The molecule has 0 saturated heterocycles. The first-order chi connectivity index (χ1) is 13.0. The van der Waals surface area contributed by atoms with Gasteiger partial charge in [0.1, 0.15) is 5.52 Å². The summed E-state index contributed by atoms with van der Waals surface area (Å²) in [5.41, 5.74) is 1.56. The molecule has 0 spiro atoms. The normalized spacial score (nSPS) is 10.9. The van der Waals surface area contributed by atoms with Crippen LogP contribution in [0.25, 0.3) is 10.2 Å². The van der Waals surface area contributed by atoms with Crippen LogP contribution in [0.15, 0.2) is 42.5 Å². The maximum Gasteiger partial charge on any atom is 0.233 e. The summed E-state index contributed by atoms with van der Waals surface area (Å²) in [4.78, 5) is 21.6. The second-order valence-electron chi connectivity index (χ2n) is 6.55. The molecule has 0 atom stereocenters. The van der Waals surface area contributed by atoms with Crippen molar-refractivity contribution in [2.24, 2.45) is 0 Å². The van der Waals surface area contributed by atoms with Crippen LogP contribution in [0.1, 0.15) is 12.0 Å². The zero-order chi connectivity index (χ0) is 19.4. The number of thiazole rings is 1. The molecule has 0 radical (unpaired) electrons. The highest BCUT2D eigenvalue weighted by molar-refractivity contribution is 7.22. The first-order valence-corrected chi connectivity index (χ1v) is 10.3. The third-order valence-corrected chi connectivity index (χ3v) is 5.89. The van der Waals surface area contributed by atoms with Gasteiger partial charge in [-0.05, 0) is 50.8 Å². The number of carbonyl (C=O) groups excluding carboxylic acids is 1. The number of rotatable bonds is 7. The number of hydrogen-bond donors (Lipinski definition) is 0. The molecule has 150 valence electrons. The molecule has 0 aliphatic rings. The third-order valence-electron chi connectivity index (χ3n) is 4.18. The molecule has 0 saturated carbocycles. The smallest absolute Gasteiger partial charge is 0.233 e. The average molecular weight is 459 g/mol. The Morgan fingerprint density at radius 2 is 1.75 bits per heavy atom. The summed E-state index contributed by atoms with van der Waals surface area (Å²) >= 11 is 14.0. The minimum Gasteiger partial charge on any atom is -0.309 e. The van der Waals surface area contributed by atoms with Crippen LogP contribution in [0.5, 0.6) is 0 Å². The lowest BCUT2D eigenvalue weighted by molar-refractivity contribution is -0.118. The minimum absolute atomic E-state index is 0. The van der Waals surface area contributed by atoms with Gasteiger partial charge in [-0.3, -0.25) is 9.69 Å². The van der Waals surface area contributed by atoms with E-state index in [2.05, 4.69) is 9.88 Å². The molecule has 3 rings (SSSR count). The molecule has 2 aromatic carbocycles. The van der Waals surface area contributed by atoms with Crippen LogP contribution in [0.3, 0.4) is 0 Å². The molecule has 3 aromatic rings. The Morgan fingerprint density at radius 3 is 2.43 bits per heavy atom. The first-order valence-electron chi connectivity index (χ1n) is 8.69. The highest BCUT2D eigenvalue weighted by Gasteiger charge is 2.21. The lowest BCUT2D eigenvalue weighted by Crippen LogP contribution is -2.34. The molecule has 8 heteroatoms. The fourth-order valence-electron chi connectivity index (χ4n) is 2.79. The Labute approximate surface area is 185 Å². The lowest BCUT2D eigenvalue weighted by atomic mass is 10.1. The highest BCUT2D eigenvalue weighted by Crippen LogP contribution is 2.33. The number of amides is 1. The molecule has 0 aliphatic heterocycles. The fraction of sp³-hybridized carbons (Fsp3) is 0.300. The van der Waals surface area contributed by atoms with Crippen LogP contribution < -0.4 is 4.90 Å². The SMILES string of the molecule is CN(C)CCCN(C(=O)Cc1ccccc1Cl)c1nc2c(Cl)cccc2s1.Cl. The van der Waals surface area contributed by atoms with Gasteiger partial charge >= 0.3 is 0 Å². The van der Waals surface area contributed by atoms with Crippen molar-refractivity contribution in [1.82, 2.24) is 9.88 Å². The van der Waals surface area contributed by atoms with Crippen LogP contribution in [0.2, 0.25) is 10.0 Å². The van der Waals surface area contributed by atoms with E-state index in [1.807, 2.05) is 50.5 Å². The van der Waals surface area contributed by atoms with Gasteiger partial charge in [0.25, 0.3) is 0 Å². The Morgan fingerprint density at radius 1 is 1.04 bits per heavy atom. The molecule has 1 aromatic heterocycles. The van der Waals surface area contributed by atoms with E-state index in [1.165, 1.54) is 11.3 Å². The molecule has 0 N–H and O–H groups in total. The van der Waals surface area contributed by atoms with Crippen molar-refractivity contribution in [2.45, 2.75) is 12.8 Å². The predicted molar refractivity (Wildman–Crippen MR) is 123 cm³/mol. The van der Waals surface area contributed by atoms with Gasteiger partial charge in [-0.2, -0.15) is 0 Å². The van der Waals surface area contributed by atoms with Crippen LogP contribution in [-0.4, -0.2) is 43.0 Å². The lowest BCUT2D eigenvalue weighted by Gasteiger charge is -2.21. The van der Waals surface area contributed by atoms with Crippen molar-refractivity contribution >= 4 is 68.2 Å². The molecule has 1 amide bonds. The first kappa shape index (κ1) is 22.9. The molecule has 1 heterocycles. The van der Waals surface area contributed by atoms with Crippen molar-refractivity contribution in [3.8, 4) is 0 Å². The molecule has 0 aliphatic carbocycles. The number of benzene rings is 2. The van der Waals surface area contributed by atoms with E-state index in [1.54, 1.807) is 11.0 Å². The monoisotopic (exact) mass is 457 g/mol. The number of fused-ring (bicyclic) bond motifs is 1. The van der Waals surface area contributed by atoms with E-state index in [-0.39, 0.29) is 24.7 Å². The number of hydrogen-bond acceptors (Lipinski definition) is 4. The summed E-state index contributed by atoms with van der Waals surface area (Å²) in [5, 5.41) is 1.88. The Hall–Kier alpha value is -1.37. The van der Waals surface area contributed by atoms with Crippen LogP contribution in [0.4, 0.5) is 5.13 Å². The summed E-state index contributed by atoms with van der Waals surface area (Å²) in [6.07, 6.45) is 1.09. The second-order valence-corrected chi connectivity index (χ2v) is 8.38. The topological polar surface area (TPSA) is 36.4 Å². The standard InChI is InChI=1S/C20H21Cl2N3OS.ClH/c1-24(2)11-6-12-25(18(26)13-14-7-3-4-8-15(14)21)20-23-19-16(22)9-5-10-17(19)27-20;/h3-5,7-10H,6,11-13H2,1-2H3;1H. The van der Waals surface area contributed by atoms with E-state index in [0.717, 1.165) is 28.7 Å². The summed E-state index contributed by atoms with van der Waals surface area (Å²) in [5.74, 6) is -0.0166. The van der Waals surface area contributed by atoms with Gasteiger partial charge < -0.3 is 4.90 Å². The summed E-state index contributed by atoms with van der Waals surface area (Å²) in [7, 11) is 4.04. The molecule has 0 unspecified atom stereocenters. The molecule has 28 heavy (non-hydrogen) atoms. The van der Waals surface area contributed by atoms with Crippen LogP contribution in [-0.2, 0) is 11.2 Å². The Kier molecular flexibility index (Phi) is 8.53. The highest BCUT2D eigenvalue weighted by atomic mass is 35.5. The van der Waals surface area contributed by atoms with Crippen LogP contribution >= 0.6 is 46.9 Å².